The van der Waals surface area contributed by atoms with E-state index in [0.717, 1.165) is 45.0 Å². The Morgan fingerprint density at radius 3 is 2.67 bits per heavy atom. The second-order valence-electron chi connectivity index (χ2n) is 5.94. The molecule has 0 radical (unpaired) electrons. The minimum atomic E-state index is -0.00484. The van der Waals surface area contributed by atoms with Gasteiger partial charge in [-0.15, -0.1) is 0 Å². The molecule has 6 heteroatoms. The predicted octanol–water partition coefficient (Wildman–Crippen LogP) is 0.241. The molecule has 2 heterocycles. The molecular formula is C15H27N5O. The fourth-order valence-electron chi connectivity index (χ4n) is 2.55. The second kappa shape index (κ2) is 7.56. The van der Waals surface area contributed by atoms with Crippen LogP contribution in [-0.2, 0) is 6.54 Å². The number of hydrogen-bond acceptors (Lipinski definition) is 5. The van der Waals surface area contributed by atoms with E-state index in [-0.39, 0.29) is 5.56 Å². The van der Waals surface area contributed by atoms with E-state index in [9.17, 15) is 4.79 Å². The van der Waals surface area contributed by atoms with Crippen molar-refractivity contribution in [2.45, 2.75) is 20.4 Å². The predicted molar refractivity (Wildman–Crippen MR) is 85.9 cm³/mol. The first kappa shape index (κ1) is 16.0. The Morgan fingerprint density at radius 1 is 1.33 bits per heavy atom. The first-order valence-electron chi connectivity index (χ1n) is 7.81. The van der Waals surface area contributed by atoms with Crippen LogP contribution in [0.5, 0.6) is 0 Å². The first-order valence-corrected chi connectivity index (χ1v) is 7.81. The molecule has 1 aromatic rings. The molecule has 6 nitrogen and oxygen atoms in total. The Morgan fingerprint density at radius 2 is 2.05 bits per heavy atom. The van der Waals surface area contributed by atoms with Gasteiger partial charge in [0, 0.05) is 38.8 Å². The summed E-state index contributed by atoms with van der Waals surface area (Å²) < 4.78 is 1.57. The lowest BCUT2D eigenvalue weighted by molar-refractivity contribution is 0.312. The van der Waals surface area contributed by atoms with Crippen LogP contribution in [0.3, 0.4) is 0 Å². The molecule has 0 bridgehead atoms. The lowest BCUT2D eigenvalue weighted by atomic mass is 10.2. The zero-order valence-corrected chi connectivity index (χ0v) is 13.4. The van der Waals surface area contributed by atoms with Crippen LogP contribution in [0.25, 0.3) is 0 Å². The van der Waals surface area contributed by atoms with Gasteiger partial charge in [0.2, 0.25) is 0 Å². The fourth-order valence-corrected chi connectivity index (χ4v) is 2.55. The lowest BCUT2D eigenvalue weighted by Gasteiger charge is -2.33. The van der Waals surface area contributed by atoms with Crippen LogP contribution in [0.15, 0.2) is 17.1 Å². The van der Waals surface area contributed by atoms with Crippen molar-refractivity contribution in [1.29, 1.82) is 0 Å². The second-order valence-corrected chi connectivity index (χ2v) is 5.94. The van der Waals surface area contributed by atoms with Gasteiger partial charge in [0.15, 0.2) is 0 Å². The van der Waals surface area contributed by atoms with Crippen LogP contribution in [0.2, 0.25) is 0 Å². The van der Waals surface area contributed by atoms with E-state index >= 15 is 0 Å². The topological polar surface area (TPSA) is 53.4 Å². The number of likely N-dealkylation sites (N-methyl/N-ethyl adjacent to an activating group) is 1. The summed E-state index contributed by atoms with van der Waals surface area (Å²) in [4.78, 5) is 16.7. The monoisotopic (exact) mass is 293 g/mol. The molecule has 1 fully saturated rings. The van der Waals surface area contributed by atoms with E-state index in [1.807, 2.05) is 6.20 Å². The molecule has 1 saturated heterocycles. The third kappa shape index (κ3) is 4.54. The molecule has 1 aromatic heterocycles. The minimum Gasteiger partial charge on any atom is -0.368 e. The van der Waals surface area contributed by atoms with Gasteiger partial charge in [-0.05, 0) is 26.1 Å². The Balaban J connectivity index is 1.99. The highest BCUT2D eigenvalue weighted by molar-refractivity contribution is 5.43. The number of nitrogens with one attached hydrogen (secondary N) is 1. The minimum absolute atomic E-state index is 0.00484. The largest absolute Gasteiger partial charge is 0.368 e. The summed E-state index contributed by atoms with van der Waals surface area (Å²) in [6.45, 7) is 10.7. The smallest absolute Gasteiger partial charge is 0.268 e. The van der Waals surface area contributed by atoms with Gasteiger partial charge in [-0.3, -0.25) is 4.79 Å². The van der Waals surface area contributed by atoms with E-state index in [2.05, 4.69) is 41.1 Å². The van der Waals surface area contributed by atoms with Crippen molar-refractivity contribution in [3.05, 3.63) is 22.6 Å². The zero-order valence-electron chi connectivity index (χ0n) is 13.4. The van der Waals surface area contributed by atoms with E-state index in [1.165, 1.54) is 0 Å². The van der Waals surface area contributed by atoms with E-state index < -0.39 is 0 Å². The van der Waals surface area contributed by atoms with Gasteiger partial charge in [0.25, 0.3) is 5.56 Å². The molecule has 0 amide bonds. The van der Waals surface area contributed by atoms with Gasteiger partial charge in [-0.1, -0.05) is 13.8 Å². The van der Waals surface area contributed by atoms with E-state index in [4.69, 9.17) is 0 Å². The highest BCUT2D eigenvalue weighted by Crippen LogP contribution is 2.12. The summed E-state index contributed by atoms with van der Waals surface area (Å²) in [7, 11) is 2.12. The van der Waals surface area contributed by atoms with Crippen molar-refractivity contribution in [2.75, 3.05) is 51.2 Å². The van der Waals surface area contributed by atoms with Crippen molar-refractivity contribution >= 4 is 5.69 Å². The number of nitrogens with zero attached hydrogens (tertiary/aromatic N) is 4. The van der Waals surface area contributed by atoms with Gasteiger partial charge in [0.1, 0.15) is 0 Å². The quantitative estimate of drug-likeness (QED) is 0.814. The van der Waals surface area contributed by atoms with Crippen molar-refractivity contribution in [3.8, 4) is 0 Å². The molecule has 1 N–H and O–H groups in total. The normalized spacial score (nSPS) is 18.0. The molecule has 0 aliphatic carbocycles. The van der Waals surface area contributed by atoms with Crippen LogP contribution in [0, 0.1) is 5.92 Å². The highest BCUT2D eigenvalue weighted by atomic mass is 16.1. The summed E-state index contributed by atoms with van der Waals surface area (Å²) in [6, 6.07) is 1.72. The van der Waals surface area contributed by atoms with Crippen molar-refractivity contribution in [1.82, 2.24) is 20.0 Å². The molecule has 1 aliphatic heterocycles. The van der Waals surface area contributed by atoms with Gasteiger partial charge in [0.05, 0.1) is 11.9 Å². The average Bonchev–Trinajstić information content (AvgIpc) is 2.48. The summed E-state index contributed by atoms with van der Waals surface area (Å²) >= 11 is 0. The molecule has 21 heavy (non-hydrogen) atoms. The highest BCUT2D eigenvalue weighted by Gasteiger charge is 2.15. The van der Waals surface area contributed by atoms with Crippen LogP contribution >= 0.6 is 0 Å². The lowest BCUT2D eigenvalue weighted by Crippen LogP contribution is -2.45. The number of hydrogen-bond donors (Lipinski definition) is 1. The van der Waals surface area contributed by atoms with Gasteiger partial charge >= 0.3 is 0 Å². The maximum atomic E-state index is 12.2. The van der Waals surface area contributed by atoms with E-state index in [1.54, 1.807) is 10.7 Å². The molecule has 0 aromatic carbocycles. The molecule has 118 valence electrons. The van der Waals surface area contributed by atoms with E-state index in [0.29, 0.717) is 12.5 Å². The van der Waals surface area contributed by atoms with Gasteiger partial charge < -0.3 is 15.1 Å². The number of piperazine rings is 1. The van der Waals surface area contributed by atoms with Crippen LogP contribution in [-0.4, -0.2) is 61.0 Å². The maximum Gasteiger partial charge on any atom is 0.268 e. The average molecular weight is 293 g/mol. The number of anilines is 1. The Labute approximate surface area is 126 Å². The molecule has 1 aliphatic rings. The molecule has 1 unspecified atom stereocenters. The summed E-state index contributed by atoms with van der Waals surface area (Å²) in [5.74, 6) is 0.393. The third-order valence-electron chi connectivity index (χ3n) is 3.95. The molecule has 2 rings (SSSR count). The van der Waals surface area contributed by atoms with Crippen molar-refractivity contribution in [3.63, 3.8) is 0 Å². The summed E-state index contributed by atoms with van der Waals surface area (Å²) in [5.41, 5.74) is 0.943. The molecular weight excluding hydrogens is 266 g/mol. The fraction of sp³-hybridized carbons (Fsp3) is 0.733. The summed E-state index contributed by atoms with van der Waals surface area (Å²) in [6.07, 6.45) is 1.83. The van der Waals surface area contributed by atoms with Crippen LogP contribution < -0.4 is 15.8 Å². The Bertz CT molecular complexity index is 493. The molecule has 0 spiro atoms. The van der Waals surface area contributed by atoms with Crippen LogP contribution in [0.4, 0.5) is 5.69 Å². The summed E-state index contributed by atoms with van der Waals surface area (Å²) in [5, 5.41) is 7.64. The maximum absolute atomic E-state index is 12.2. The zero-order chi connectivity index (χ0) is 15.2. The first-order chi connectivity index (χ1) is 10.1. The number of aromatic nitrogens is 2. The Hall–Kier alpha value is -1.40. The standard InChI is InChI=1S/C15H27N5O/c1-4-16-10-13(2)12-20-15(21)9-14(11-17-20)19-7-5-18(3)6-8-19/h9,11,13,16H,4-8,10,12H2,1-3H3. The number of rotatable bonds is 6. The van der Waals surface area contributed by atoms with Gasteiger partial charge in [-0.25, -0.2) is 4.68 Å². The van der Waals surface area contributed by atoms with Crippen molar-refractivity contribution < 1.29 is 0 Å². The van der Waals surface area contributed by atoms with Crippen molar-refractivity contribution in [2.24, 2.45) is 5.92 Å². The molecule has 0 saturated carbocycles. The third-order valence-corrected chi connectivity index (χ3v) is 3.95. The Kier molecular flexibility index (Phi) is 5.76. The van der Waals surface area contributed by atoms with Gasteiger partial charge in [-0.2, -0.15) is 5.10 Å². The molecule has 1 atom stereocenters. The SMILES string of the molecule is CCNCC(C)Cn1ncc(N2CCN(C)CC2)cc1=O. The van der Waals surface area contributed by atoms with Crippen LogP contribution in [0.1, 0.15) is 13.8 Å².